The van der Waals surface area contributed by atoms with Crippen molar-refractivity contribution in [1.82, 2.24) is 4.72 Å². The first-order chi connectivity index (χ1) is 6.29. The van der Waals surface area contributed by atoms with Gasteiger partial charge >= 0.3 is 0 Å². The maximum absolute atomic E-state index is 10.1. The number of benzene rings is 1. The van der Waals surface area contributed by atoms with Crippen molar-refractivity contribution in [2.45, 2.75) is 0 Å². The average Bonchev–Trinajstić information content (AvgIpc) is 2.14. The topological polar surface area (TPSA) is 49.3 Å². The first kappa shape index (κ1) is 9.74. The summed E-state index contributed by atoms with van der Waals surface area (Å²) in [5, 5.41) is 0. The van der Waals surface area contributed by atoms with Crippen molar-refractivity contribution < 1.29 is 8.76 Å². The monoisotopic (exact) mass is 195 g/mol. The van der Waals surface area contributed by atoms with Crippen molar-refractivity contribution in [1.29, 1.82) is 0 Å². The summed E-state index contributed by atoms with van der Waals surface area (Å²) >= 11 is -2.01. The molecule has 1 aromatic rings. The molecule has 1 unspecified atom stereocenters. The SMILES string of the molecule is O=S(O)NC=C=Cc1ccccc1. The van der Waals surface area contributed by atoms with Crippen LogP contribution in [0.2, 0.25) is 0 Å². The van der Waals surface area contributed by atoms with Gasteiger partial charge in [0.2, 0.25) is 0 Å². The molecule has 0 aliphatic carbocycles. The Hall–Kier alpha value is -1.35. The third-order valence-corrected chi connectivity index (χ3v) is 1.61. The van der Waals surface area contributed by atoms with E-state index in [1.165, 1.54) is 6.20 Å². The van der Waals surface area contributed by atoms with Gasteiger partial charge in [-0.25, -0.2) is 4.21 Å². The minimum atomic E-state index is -2.01. The molecule has 0 saturated heterocycles. The highest BCUT2D eigenvalue weighted by Gasteiger charge is 1.81. The molecule has 13 heavy (non-hydrogen) atoms. The molecule has 0 spiro atoms. The Morgan fingerprint density at radius 3 is 2.69 bits per heavy atom. The van der Waals surface area contributed by atoms with Gasteiger partial charge in [-0.2, -0.15) is 0 Å². The fourth-order valence-corrected chi connectivity index (χ4v) is 0.940. The van der Waals surface area contributed by atoms with Gasteiger partial charge in [0.25, 0.3) is 11.3 Å². The maximum atomic E-state index is 10.1. The first-order valence-corrected chi connectivity index (χ1v) is 4.73. The molecule has 1 atom stereocenters. The zero-order valence-electron chi connectivity index (χ0n) is 6.81. The molecule has 0 fully saturated rings. The van der Waals surface area contributed by atoms with E-state index < -0.39 is 11.3 Å². The summed E-state index contributed by atoms with van der Waals surface area (Å²) in [7, 11) is 0. The van der Waals surface area contributed by atoms with Crippen molar-refractivity contribution in [2.75, 3.05) is 0 Å². The molecule has 2 N–H and O–H groups in total. The molecule has 0 heterocycles. The quantitative estimate of drug-likeness (QED) is 0.567. The Morgan fingerprint density at radius 2 is 2.08 bits per heavy atom. The molecule has 0 radical (unpaired) electrons. The Balaban J connectivity index is 2.59. The summed E-state index contributed by atoms with van der Waals surface area (Å²) in [6.07, 6.45) is 3.00. The van der Waals surface area contributed by atoms with Crippen LogP contribution in [0.3, 0.4) is 0 Å². The van der Waals surface area contributed by atoms with E-state index in [0.29, 0.717) is 0 Å². The predicted octanol–water partition coefficient (Wildman–Crippen LogP) is 1.54. The van der Waals surface area contributed by atoms with Crippen LogP contribution in [0.15, 0.2) is 42.3 Å². The molecule has 0 aliphatic rings. The maximum Gasteiger partial charge on any atom is 0.259 e. The van der Waals surface area contributed by atoms with Crippen molar-refractivity contribution in [3.63, 3.8) is 0 Å². The molecule has 0 aromatic heterocycles. The highest BCUT2D eigenvalue weighted by atomic mass is 32.2. The summed E-state index contributed by atoms with van der Waals surface area (Å²) in [6, 6.07) is 9.56. The van der Waals surface area contributed by atoms with Crippen molar-refractivity contribution in [2.24, 2.45) is 0 Å². The molecule has 1 rings (SSSR count). The Labute approximate surface area is 79.2 Å². The molecule has 0 aliphatic heterocycles. The van der Waals surface area contributed by atoms with Crippen molar-refractivity contribution in [3.8, 4) is 0 Å². The summed E-state index contributed by atoms with van der Waals surface area (Å²) in [4.78, 5) is 0. The second-order valence-electron chi connectivity index (χ2n) is 2.23. The summed E-state index contributed by atoms with van der Waals surface area (Å²) in [5.41, 5.74) is 3.71. The van der Waals surface area contributed by atoms with E-state index in [2.05, 4.69) is 10.5 Å². The van der Waals surface area contributed by atoms with Crippen LogP contribution in [0.4, 0.5) is 0 Å². The Kier molecular flexibility index (Phi) is 3.99. The smallest absolute Gasteiger partial charge is 0.259 e. The van der Waals surface area contributed by atoms with E-state index in [-0.39, 0.29) is 0 Å². The fourth-order valence-electron chi connectivity index (χ4n) is 0.772. The van der Waals surface area contributed by atoms with Crippen LogP contribution in [0, 0.1) is 0 Å². The predicted molar refractivity (Wildman–Crippen MR) is 52.9 cm³/mol. The van der Waals surface area contributed by atoms with Crippen LogP contribution in [-0.4, -0.2) is 8.76 Å². The normalized spacial score (nSPS) is 11.2. The minimum Gasteiger partial charge on any atom is -0.289 e. The van der Waals surface area contributed by atoms with E-state index in [1.807, 2.05) is 30.3 Å². The lowest BCUT2D eigenvalue weighted by Gasteiger charge is -1.87. The zero-order valence-corrected chi connectivity index (χ0v) is 7.62. The molecule has 1 aromatic carbocycles. The van der Waals surface area contributed by atoms with Crippen LogP contribution in [0.25, 0.3) is 6.08 Å². The largest absolute Gasteiger partial charge is 0.289 e. The van der Waals surface area contributed by atoms with Crippen molar-refractivity contribution >= 4 is 17.3 Å². The minimum absolute atomic E-state index is 0.990. The van der Waals surface area contributed by atoms with Gasteiger partial charge in [0.15, 0.2) is 0 Å². The number of nitrogens with one attached hydrogen (secondary N) is 1. The second-order valence-corrected chi connectivity index (χ2v) is 2.97. The van der Waals surface area contributed by atoms with Crippen LogP contribution in [-0.2, 0) is 11.3 Å². The van der Waals surface area contributed by atoms with Gasteiger partial charge in [-0.3, -0.25) is 9.27 Å². The van der Waals surface area contributed by atoms with E-state index in [0.717, 1.165) is 5.56 Å². The lowest BCUT2D eigenvalue weighted by Crippen LogP contribution is -2.06. The van der Waals surface area contributed by atoms with Gasteiger partial charge < -0.3 is 0 Å². The number of hydrogen-bond donors (Lipinski definition) is 2. The van der Waals surface area contributed by atoms with Crippen LogP contribution in [0.5, 0.6) is 0 Å². The third kappa shape index (κ3) is 4.28. The Morgan fingerprint density at radius 1 is 1.38 bits per heavy atom. The van der Waals surface area contributed by atoms with Crippen LogP contribution < -0.4 is 4.72 Å². The molecule has 68 valence electrons. The van der Waals surface area contributed by atoms with Gasteiger partial charge in [-0.1, -0.05) is 30.3 Å². The molecule has 0 saturated carbocycles. The number of rotatable bonds is 3. The van der Waals surface area contributed by atoms with Gasteiger partial charge in [0, 0.05) is 0 Å². The van der Waals surface area contributed by atoms with E-state index in [1.54, 1.807) is 6.08 Å². The standard InChI is InChI=1S/C9H9NO2S/c11-13(12)10-8-4-7-9-5-2-1-3-6-9/h1-3,5-8,10H,(H,11,12). The summed E-state index contributed by atoms with van der Waals surface area (Å²) in [6.45, 7) is 0. The second kappa shape index (κ2) is 5.32. The van der Waals surface area contributed by atoms with Crippen LogP contribution >= 0.6 is 0 Å². The average molecular weight is 195 g/mol. The molecular weight excluding hydrogens is 186 g/mol. The molecule has 3 nitrogen and oxygen atoms in total. The molecule has 0 amide bonds. The Bertz CT molecular complexity index is 342. The van der Waals surface area contributed by atoms with Crippen LogP contribution in [0.1, 0.15) is 5.56 Å². The molecular formula is C9H9NO2S. The van der Waals surface area contributed by atoms with Crippen molar-refractivity contribution in [3.05, 3.63) is 47.8 Å². The zero-order chi connectivity index (χ0) is 9.52. The lowest BCUT2D eigenvalue weighted by molar-refractivity contribution is 0.558. The highest BCUT2D eigenvalue weighted by Crippen LogP contribution is 1.98. The molecule has 4 heteroatoms. The molecule has 0 bridgehead atoms. The summed E-state index contributed by atoms with van der Waals surface area (Å²) in [5.74, 6) is 0. The third-order valence-electron chi connectivity index (χ3n) is 1.29. The first-order valence-electron chi connectivity index (χ1n) is 3.62. The van der Waals surface area contributed by atoms with E-state index in [4.69, 9.17) is 4.55 Å². The van der Waals surface area contributed by atoms with Gasteiger partial charge in [-0.05, 0) is 11.6 Å². The number of hydrogen-bond acceptors (Lipinski definition) is 1. The lowest BCUT2D eigenvalue weighted by atomic mass is 10.2. The van der Waals surface area contributed by atoms with E-state index in [9.17, 15) is 4.21 Å². The van der Waals surface area contributed by atoms with Gasteiger partial charge in [0.05, 0.1) is 6.20 Å². The summed E-state index contributed by atoms with van der Waals surface area (Å²) < 4.78 is 20.6. The van der Waals surface area contributed by atoms with Gasteiger partial charge in [0.1, 0.15) is 0 Å². The van der Waals surface area contributed by atoms with Gasteiger partial charge in [-0.15, -0.1) is 5.73 Å². The van der Waals surface area contributed by atoms with E-state index >= 15 is 0 Å². The highest BCUT2D eigenvalue weighted by molar-refractivity contribution is 7.77. The fraction of sp³-hybridized carbons (Fsp3) is 0.